The third kappa shape index (κ3) is 20.2. The first-order valence-electron chi connectivity index (χ1n) is 16.2. The summed E-state index contributed by atoms with van der Waals surface area (Å²) in [6, 6.07) is 0. The smallest absolute Gasteiger partial charge is 0.397 e. The van der Waals surface area contributed by atoms with Gasteiger partial charge >= 0.3 is 16.4 Å². The predicted molar refractivity (Wildman–Crippen MR) is 170 cm³/mol. The highest BCUT2D eigenvalue weighted by molar-refractivity contribution is 7.80. The number of unbranched alkanes of at least 4 members (excludes halogenated alkanes) is 7. The predicted octanol–water partition coefficient (Wildman–Crippen LogP) is 4.34. The molecule has 0 aliphatic carbocycles. The highest BCUT2D eigenvalue weighted by Gasteiger charge is 2.48. The minimum atomic E-state index is -5.04. The van der Waals surface area contributed by atoms with Crippen molar-refractivity contribution >= 4 is 16.4 Å². The van der Waals surface area contributed by atoms with Gasteiger partial charge in [0.15, 0.2) is 6.29 Å². The molecule has 1 aliphatic rings. The molecular formula is C32H56O12S. The van der Waals surface area contributed by atoms with E-state index in [1.54, 1.807) is 0 Å². The summed E-state index contributed by atoms with van der Waals surface area (Å²) in [6.07, 6.45) is 16.2. The first-order chi connectivity index (χ1) is 21.6. The van der Waals surface area contributed by atoms with Crippen LogP contribution in [-0.2, 0) is 38.3 Å². The second-order valence-electron chi connectivity index (χ2n) is 11.0. The molecule has 1 aliphatic heterocycles. The standard InChI is InChI=1S/C32H56O12S/c1-3-5-7-8-9-10-11-12-13-14-15-16-17-18-19-20-22-40-24-26(42-28(34)21-6-4-2)25-41-32-30(36)31(44-45(37,38)39)29(35)27(23-33)43-32/h5,7,9-10,12-13,26-27,29-33,35-36H,3-4,6,8,11,14-25H2,1-2H3,(H,37,38,39)/b7-5-,10-9-,13-12-. The number of hydrogen-bond acceptors (Lipinski definition) is 11. The van der Waals surface area contributed by atoms with Crippen molar-refractivity contribution in [2.45, 2.75) is 134 Å². The Balaban J connectivity index is 2.39. The monoisotopic (exact) mass is 664 g/mol. The maximum atomic E-state index is 12.3. The van der Waals surface area contributed by atoms with Crippen LogP contribution in [0.2, 0.25) is 0 Å². The fourth-order valence-electron chi connectivity index (χ4n) is 4.54. The Labute approximate surface area is 269 Å². The van der Waals surface area contributed by atoms with Gasteiger partial charge in [-0.25, -0.2) is 4.18 Å². The quantitative estimate of drug-likeness (QED) is 0.0446. The number of aliphatic hydroxyl groups is 3. The molecular weight excluding hydrogens is 608 g/mol. The van der Waals surface area contributed by atoms with E-state index in [-0.39, 0.29) is 19.6 Å². The lowest BCUT2D eigenvalue weighted by Gasteiger charge is -2.41. The van der Waals surface area contributed by atoms with Crippen LogP contribution in [0.25, 0.3) is 0 Å². The molecule has 1 rings (SSSR count). The van der Waals surface area contributed by atoms with Crippen LogP contribution in [0, 0.1) is 0 Å². The maximum Gasteiger partial charge on any atom is 0.397 e. The van der Waals surface area contributed by atoms with E-state index in [0.29, 0.717) is 13.0 Å². The number of rotatable bonds is 26. The van der Waals surface area contributed by atoms with Crippen LogP contribution in [0.1, 0.15) is 97.3 Å². The summed E-state index contributed by atoms with van der Waals surface area (Å²) in [5.74, 6) is -0.443. The van der Waals surface area contributed by atoms with Gasteiger partial charge < -0.3 is 34.3 Å². The van der Waals surface area contributed by atoms with Gasteiger partial charge in [0.2, 0.25) is 0 Å². The number of carbonyl (C=O) groups is 1. The highest BCUT2D eigenvalue weighted by Crippen LogP contribution is 2.25. The van der Waals surface area contributed by atoms with Gasteiger partial charge in [-0.05, 0) is 44.9 Å². The first kappa shape index (κ1) is 41.3. The molecule has 12 nitrogen and oxygen atoms in total. The van der Waals surface area contributed by atoms with Crippen LogP contribution >= 0.6 is 0 Å². The van der Waals surface area contributed by atoms with E-state index in [2.05, 4.69) is 47.6 Å². The van der Waals surface area contributed by atoms with E-state index in [1.807, 2.05) is 6.92 Å². The van der Waals surface area contributed by atoms with E-state index in [9.17, 15) is 28.5 Å². The molecule has 0 aromatic heterocycles. The van der Waals surface area contributed by atoms with Crippen molar-refractivity contribution in [3.63, 3.8) is 0 Å². The molecule has 0 aromatic carbocycles. The van der Waals surface area contributed by atoms with Crippen LogP contribution in [0.15, 0.2) is 36.5 Å². The van der Waals surface area contributed by atoms with Gasteiger partial charge in [-0.2, -0.15) is 8.42 Å². The third-order valence-electron chi connectivity index (χ3n) is 7.03. The molecule has 6 atom stereocenters. The summed E-state index contributed by atoms with van der Waals surface area (Å²) >= 11 is 0. The first-order valence-corrected chi connectivity index (χ1v) is 17.6. The van der Waals surface area contributed by atoms with Crippen LogP contribution in [0.5, 0.6) is 0 Å². The Morgan fingerprint density at radius 1 is 0.867 bits per heavy atom. The SMILES string of the molecule is CC/C=C\C/C=C\C/C=C\CCCCCCCCOCC(COC1OC(CO)C(O)C(OS(=O)(=O)O)C1O)OC(=O)CCCC. The summed E-state index contributed by atoms with van der Waals surface area (Å²) in [4.78, 5) is 12.3. The van der Waals surface area contributed by atoms with E-state index in [1.165, 1.54) is 12.8 Å². The molecule has 0 saturated carbocycles. The molecule has 0 aromatic rings. The van der Waals surface area contributed by atoms with Crippen LogP contribution < -0.4 is 0 Å². The molecule has 4 N–H and O–H groups in total. The zero-order chi connectivity index (χ0) is 33.3. The Bertz CT molecular complexity index is 952. The van der Waals surface area contributed by atoms with Crippen molar-refractivity contribution < 1.29 is 56.2 Å². The molecule has 45 heavy (non-hydrogen) atoms. The lowest BCUT2D eigenvalue weighted by atomic mass is 9.99. The summed E-state index contributed by atoms with van der Waals surface area (Å²) in [7, 11) is -5.04. The lowest BCUT2D eigenvalue weighted by molar-refractivity contribution is -0.301. The van der Waals surface area contributed by atoms with Crippen molar-refractivity contribution in [3.8, 4) is 0 Å². The number of esters is 1. The molecule has 1 fully saturated rings. The molecule has 13 heteroatoms. The van der Waals surface area contributed by atoms with Gasteiger partial charge in [0.05, 0.1) is 19.8 Å². The average molecular weight is 665 g/mol. The van der Waals surface area contributed by atoms with Gasteiger partial charge in [0, 0.05) is 13.0 Å². The lowest BCUT2D eigenvalue weighted by Crippen LogP contribution is -2.60. The molecule has 1 heterocycles. The van der Waals surface area contributed by atoms with Gasteiger partial charge in [-0.3, -0.25) is 9.35 Å². The molecule has 0 spiro atoms. The van der Waals surface area contributed by atoms with E-state index >= 15 is 0 Å². The van der Waals surface area contributed by atoms with Crippen molar-refractivity contribution in [1.82, 2.24) is 0 Å². The Morgan fingerprint density at radius 3 is 2.16 bits per heavy atom. The second-order valence-corrected chi connectivity index (χ2v) is 12.1. The average Bonchev–Trinajstić information content (AvgIpc) is 3.00. The molecule has 6 unspecified atom stereocenters. The van der Waals surface area contributed by atoms with Crippen molar-refractivity contribution in [1.29, 1.82) is 0 Å². The molecule has 0 bridgehead atoms. The zero-order valence-electron chi connectivity index (χ0n) is 26.9. The van der Waals surface area contributed by atoms with Crippen LogP contribution in [-0.4, -0.2) is 97.5 Å². The Morgan fingerprint density at radius 2 is 1.51 bits per heavy atom. The van der Waals surface area contributed by atoms with E-state index in [0.717, 1.165) is 57.8 Å². The topological polar surface area (TPSA) is 178 Å². The molecule has 0 radical (unpaired) electrons. The van der Waals surface area contributed by atoms with E-state index in [4.69, 9.17) is 23.5 Å². The minimum absolute atomic E-state index is 0.0225. The number of carbonyl (C=O) groups excluding carboxylic acids is 1. The number of allylic oxidation sites excluding steroid dienone is 6. The fourth-order valence-corrected chi connectivity index (χ4v) is 5.05. The van der Waals surface area contributed by atoms with E-state index < -0.39 is 59.8 Å². The normalized spacial score (nSPS) is 23.4. The van der Waals surface area contributed by atoms with Crippen molar-refractivity contribution in [3.05, 3.63) is 36.5 Å². The third-order valence-corrected chi connectivity index (χ3v) is 7.49. The summed E-state index contributed by atoms with van der Waals surface area (Å²) in [5.41, 5.74) is 0. The summed E-state index contributed by atoms with van der Waals surface area (Å²) < 4.78 is 57.9. The largest absolute Gasteiger partial charge is 0.457 e. The maximum absolute atomic E-state index is 12.3. The van der Waals surface area contributed by atoms with Crippen LogP contribution in [0.4, 0.5) is 0 Å². The molecule has 262 valence electrons. The summed E-state index contributed by atoms with van der Waals surface area (Å²) in [5, 5.41) is 30.2. The van der Waals surface area contributed by atoms with Gasteiger partial charge in [0.25, 0.3) is 0 Å². The molecule has 0 amide bonds. The van der Waals surface area contributed by atoms with Gasteiger partial charge in [-0.15, -0.1) is 0 Å². The van der Waals surface area contributed by atoms with Gasteiger partial charge in [0.1, 0.15) is 30.5 Å². The van der Waals surface area contributed by atoms with Crippen molar-refractivity contribution in [2.75, 3.05) is 26.4 Å². The fraction of sp³-hybridized carbons (Fsp3) is 0.781. The second kappa shape index (κ2) is 25.4. The number of ether oxygens (including phenoxy) is 4. The number of aliphatic hydroxyl groups excluding tert-OH is 3. The molecule has 1 saturated heterocycles. The Kier molecular flexibility index (Phi) is 23.3. The highest BCUT2D eigenvalue weighted by atomic mass is 32.3. The van der Waals surface area contributed by atoms with Gasteiger partial charge in [-0.1, -0.05) is 82.4 Å². The zero-order valence-corrected chi connectivity index (χ0v) is 27.7. The van der Waals surface area contributed by atoms with Crippen molar-refractivity contribution in [2.24, 2.45) is 0 Å². The number of hydrogen-bond donors (Lipinski definition) is 4. The van der Waals surface area contributed by atoms with Crippen LogP contribution in [0.3, 0.4) is 0 Å². The Hall–Kier alpha value is -1.68. The minimum Gasteiger partial charge on any atom is -0.457 e. The summed E-state index contributed by atoms with van der Waals surface area (Å²) in [6.45, 7) is 3.53.